The fourth-order valence-electron chi connectivity index (χ4n) is 3.35. The highest BCUT2D eigenvalue weighted by molar-refractivity contribution is 5.78. The third kappa shape index (κ3) is 5.32. The molecule has 0 aromatic carbocycles. The van der Waals surface area contributed by atoms with Crippen LogP contribution < -0.4 is 0 Å². The first-order valence-electron chi connectivity index (χ1n) is 9.07. The van der Waals surface area contributed by atoms with Crippen LogP contribution in [0.3, 0.4) is 0 Å². The minimum Gasteiger partial charge on any atom is -0.475 e. The number of aliphatic carboxylic acids is 1. The SMILES string of the molecule is Cc1nc([C@@H]2C[C@H]3CN(C(=O)Cc4ccccn4)C[C@H]3O2)no1.O=C(O)C(F)(F)F. The van der Waals surface area contributed by atoms with Crippen molar-refractivity contribution in [2.24, 2.45) is 5.92 Å². The maximum atomic E-state index is 12.4. The van der Waals surface area contributed by atoms with Gasteiger partial charge in [0.15, 0.2) is 0 Å². The van der Waals surface area contributed by atoms with Crippen LogP contribution in [0.25, 0.3) is 0 Å². The van der Waals surface area contributed by atoms with E-state index in [0.29, 0.717) is 30.6 Å². The smallest absolute Gasteiger partial charge is 0.475 e. The number of hydrogen-bond donors (Lipinski definition) is 1. The molecule has 3 atom stereocenters. The number of fused-ring (bicyclic) bond motifs is 1. The molecule has 0 unspecified atom stereocenters. The Kier molecular flexibility index (Phi) is 6.34. The minimum atomic E-state index is -5.08. The number of alkyl halides is 3. The summed E-state index contributed by atoms with van der Waals surface area (Å²) < 4.78 is 42.8. The molecule has 0 bridgehead atoms. The zero-order valence-corrected chi connectivity index (χ0v) is 15.9. The predicted octanol–water partition coefficient (Wildman–Crippen LogP) is 1.94. The van der Waals surface area contributed by atoms with Crippen LogP contribution >= 0.6 is 0 Å². The first-order chi connectivity index (χ1) is 14.1. The van der Waals surface area contributed by atoms with Crippen LogP contribution in [0.5, 0.6) is 0 Å². The molecular weight excluding hydrogens is 409 g/mol. The van der Waals surface area contributed by atoms with Crippen molar-refractivity contribution in [3.8, 4) is 0 Å². The van der Waals surface area contributed by atoms with E-state index in [4.69, 9.17) is 19.2 Å². The molecule has 0 saturated carbocycles. The third-order valence-electron chi connectivity index (χ3n) is 4.72. The summed E-state index contributed by atoms with van der Waals surface area (Å²) in [6.07, 6.45) is -2.26. The number of ether oxygens (including phenoxy) is 1. The highest BCUT2D eigenvalue weighted by Crippen LogP contribution is 2.39. The number of nitrogens with zero attached hydrogens (tertiary/aromatic N) is 4. The Balaban J connectivity index is 0.000000318. The topological polar surface area (TPSA) is 119 Å². The van der Waals surface area contributed by atoms with E-state index in [0.717, 1.165) is 18.7 Å². The number of pyridine rings is 1. The number of amides is 1. The maximum Gasteiger partial charge on any atom is 0.490 e. The average molecular weight is 428 g/mol. The largest absolute Gasteiger partial charge is 0.490 e. The van der Waals surface area contributed by atoms with Crippen LogP contribution in [0, 0.1) is 12.8 Å². The van der Waals surface area contributed by atoms with Gasteiger partial charge in [-0.1, -0.05) is 11.2 Å². The van der Waals surface area contributed by atoms with Gasteiger partial charge in [0, 0.05) is 37.8 Å². The number of carboxylic acids is 1. The summed E-state index contributed by atoms with van der Waals surface area (Å²) >= 11 is 0. The lowest BCUT2D eigenvalue weighted by Crippen LogP contribution is -2.32. The van der Waals surface area contributed by atoms with Gasteiger partial charge in [-0.05, 0) is 18.6 Å². The van der Waals surface area contributed by atoms with Gasteiger partial charge in [-0.25, -0.2) is 4.79 Å². The number of halogens is 3. The molecule has 0 aliphatic carbocycles. The Morgan fingerprint density at radius 1 is 1.30 bits per heavy atom. The molecule has 1 N–H and O–H groups in total. The van der Waals surface area contributed by atoms with Gasteiger partial charge in [0.1, 0.15) is 6.10 Å². The van der Waals surface area contributed by atoms with E-state index in [2.05, 4.69) is 15.1 Å². The van der Waals surface area contributed by atoms with Gasteiger partial charge in [-0.15, -0.1) is 0 Å². The van der Waals surface area contributed by atoms with Crippen LogP contribution in [0.2, 0.25) is 0 Å². The molecule has 2 saturated heterocycles. The lowest BCUT2D eigenvalue weighted by molar-refractivity contribution is -0.192. The number of rotatable bonds is 3. The highest BCUT2D eigenvalue weighted by atomic mass is 19.4. The first-order valence-corrected chi connectivity index (χ1v) is 9.07. The molecule has 0 radical (unpaired) electrons. The van der Waals surface area contributed by atoms with Crippen LogP contribution in [0.4, 0.5) is 13.2 Å². The number of carbonyl (C=O) groups excluding carboxylic acids is 1. The van der Waals surface area contributed by atoms with Gasteiger partial charge in [0.25, 0.3) is 0 Å². The minimum absolute atomic E-state index is 0.0616. The standard InChI is InChI=1S/C16H18N4O3.C2HF3O2/c1-10-18-16(19-23-10)13-6-11-8-20(9-14(11)22-13)15(21)7-12-4-2-3-5-17-12;3-2(4,5)1(6)7/h2-5,11,13-14H,6-9H2,1H3;(H,6,7)/t11-,13-,14+;/m0./s1. The Morgan fingerprint density at radius 2 is 2.03 bits per heavy atom. The molecule has 4 rings (SSSR count). The summed E-state index contributed by atoms with van der Waals surface area (Å²) in [6, 6.07) is 5.62. The average Bonchev–Trinajstić information content (AvgIpc) is 3.36. The Bertz CT molecular complexity index is 875. The zero-order valence-electron chi connectivity index (χ0n) is 15.9. The number of carboxylic acid groups (broad SMARTS) is 1. The molecule has 2 aromatic heterocycles. The van der Waals surface area contributed by atoms with E-state index >= 15 is 0 Å². The highest BCUT2D eigenvalue weighted by Gasteiger charge is 2.45. The van der Waals surface area contributed by atoms with E-state index in [-0.39, 0.29) is 18.1 Å². The lowest BCUT2D eigenvalue weighted by Gasteiger charge is -2.18. The number of likely N-dealkylation sites (tertiary alicyclic amines) is 1. The van der Waals surface area contributed by atoms with Crippen LogP contribution in [-0.4, -0.2) is 62.4 Å². The molecule has 4 heterocycles. The van der Waals surface area contributed by atoms with Crippen molar-refractivity contribution in [2.45, 2.75) is 38.1 Å². The third-order valence-corrected chi connectivity index (χ3v) is 4.72. The number of carbonyl (C=O) groups is 2. The molecule has 2 aromatic rings. The summed E-state index contributed by atoms with van der Waals surface area (Å²) in [5.41, 5.74) is 0.802. The molecule has 1 amide bonds. The molecule has 0 spiro atoms. The van der Waals surface area contributed by atoms with Gasteiger partial charge in [-0.2, -0.15) is 18.2 Å². The quantitative estimate of drug-likeness (QED) is 0.788. The molecular formula is C18H19F3N4O5. The van der Waals surface area contributed by atoms with Crippen molar-refractivity contribution < 1.29 is 37.1 Å². The Hall–Kier alpha value is -3.02. The lowest BCUT2D eigenvalue weighted by atomic mass is 10.0. The Labute approximate surface area is 168 Å². The van der Waals surface area contributed by atoms with Crippen molar-refractivity contribution in [2.75, 3.05) is 13.1 Å². The summed E-state index contributed by atoms with van der Waals surface area (Å²) in [4.78, 5) is 31.6. The Morgan fingerprint density at radius 3 is 2.57 bits per heavy atom. The number of hydrogen-bond acceptors (Lipinski definition) is 7. The van der Waals surface area contributed by atoms with Crippen LogP contribution in [-0.2, 0) is 20.7 Å². The van der Waals surface area contributed by atoms with E-state index < -0.39 is 12.1 Å². The second-order valence-electron chi connectivity index (χ2n) is 6.93. The van der Waals surface area contributed by atoms with Gasteiger partial charge in [0.05, 0.1) is 12.5 Å². The van der Waals surface area contributed by atoms with Gasteiger partial charge in [0.2, 0.25) is 17.6 Å². The van der Waals surface area contributed by atoms with Crippen LogP contribution in [0.1, 0.15) is 29.9 Å². The monoisotopic (exact) mass is 428 g/mol. The van der Waals surface area contributed by atoms with Crippen molar-refractivity contribution in [1.82, 2.24) is 20.0 Å². The summed E-state index contributed by atoms with van der Waals surface area (Å²) in [5.74, 6) is -1.15. The fraction of sp³-hybridized carbons (Fsp3) is 0.500. The number of aromatic nitrogens is 3. The normalized spacial score (nSPS) is 22.9. The van der Waals surface area contributed by atoms with Crippen molar-refractivity contribution >= 4 is 11.9 Å². The molecule has 30 heavy (non-hydrogen) atoms. The molecule has 162 valence electrons. The summed E-state index contributed by atoms with van der Waals surface area (Å²) in [7, 11) is 0. The second kappa shape index (κ2) is 8.78. The summed E-state index contributed by atoms with van der Waals surface area (Å²) in [5, 5.41) is 11.1. The molecule has 2 aliphatic heterocycles. The molecule has 12 heteroatoms. The maximum absolute atomic E-state index is 12.4. The van der Waals surface area contributed by atoms with E-state index in [9.17, 15) is 18.0 Å². The van der Waals surface area contributed by atoms with Gasteiger partial charge >= 0.3 is 12.1 Å². The second-order valence-corrected chi connectivity index (χ2v) is 6.93. The molecule has 2 aliphatic rings. The van der Waals surface area contributed by atoms with Crippen molar-refractivity contribution in [3.05, 3.63) is 41.8 Å². The summed E-state index contributed by atoms with van der Waals surface area (Å²) in [6.45, 7) is 3.12. The first kappa shape index (κ1) is 21.7. The predicted molar refractivity (Wildman–Crippen MR) is 93.0 cm³/mol. The van der Waals surface area contributed by atoms with E-state index in [1.807, 2.05) is 23.1 Å². The fourth-order valence-corrected chi connectivity index (χ4v) is 3.35. The number of aryl methyl sites for hydroxylation is 1. The van der Waals surface area contributed by atoms with Crippen molar-refractivity contribution in [3.63, 3.8) is 0 Å². The molecule has 2 fully saturated rings. The van der Waals surface area contributed by atoms with Gasteiger partial charge < -0.3 is 19.3 Å². The van der Waals surface area contributed by atoms with E-state index in [1.54, 1.807) is 13.1 Å². The van der Waals surface area contributed by atoms with Crippen molar-refractivity contribution in [1.29, 1.82) is 0 Å². The van der Waals surface area contributed by atoms with E-state index in [1.165, 1.54) is 0 Å². The molecule has 9 nitrogen and oxygen atoms in total. The zero-order chi connectivity index (χ0) is 21.9. The van der Waals surface area contributed by atoms with Gasteiger partial charge in [-0.3, -0.25) is 9.78 Å². The van der Waals surface area contributed by atoms with Crippen LogP contribution in [0.15, 0.2) is 28.9 Å².